The molecule has 0 unspecified atom stereocenters. The Labute approximate surface area is 116 Å². The van der Waals surface area contributed by atoms with Crippen LogP contribution in [0.15, 0.2) is 0 Å². The third-order valence-corrected chi connectivity index (χ3v) is 5.09. The molecule has 108 valence electrons. The Bertz CT molecular complexity index is 354. The largest absolute Gasteiger partial charge is 0.468 e. The number of methoxy groups -OCH3 is 1. The van der Waals surface area contributed by atoms with Crippen LogP contribution in [0.5, 0.6) is 0 Å². The number of hydrogen-bond acceptors (Lipinski definition) is 3. The lowest BCUT2D eigenvalue weighted by Crippen LogP contribution is -2.57. The topological polar surface area (TPSA) is 43.4 Å². The fourth-order valence-corrected chi connectivity index (χ4v) is 4.23. The molecule has 0 aliphatic heterocycles. The second kappa shape index (κ2) is 5.26. The van der Waals surface area contributed by atoms with E-state index in [1.165, 1.54) is 45.6 Å². The normalized spacial score (nSPS) is 24.6. The molecule has 1 spiro atoms. The molecule has 19 heavy (non-hydrogen) atoms. The Morgan fingerprint density at radius 3 is 1.95 bits per heavy atom. The van der Waals surface area contributed by atoms with Crippen molar-refractivity contribution in [2.24, 2.45) is 16.7 Å². The van der Waals surface area contributed by atoms with Crippen molar-refractivity contribution in [1.29, 1.82) is 0 Å². The Hall–Kier alpha value is -0.860. The molecule has 0 aromatic carbocycles. The molecule has 0 heterocycles. The molecule has 0 saturated heterocycles. The summed E-state index contributed by atoms with van der Waals surface area (Å²) in [6.07, 6.45) is 8.89. The lowest BCUT2D eigenvalue weighted by atomic mass is 9.48. The molecule has 2 aliphatic rings. The van der Waals surface area contributed by atoms with Crippen LogP contribution in [0.2, 0.25) is 0 Å². The molecule has 2 rings (SSSR count). The van der Waals surface area contributed by atoms with Gasteiger partial charge in [-0.2, -0.15) is 0 Å². The van der Waals surface area contributed by atoms with E-state index in [0.717, 1.165) is 12.8 Å². The third-order valence-electron chi connectivity index (χ3n) is 5.09. The molecule has 3 heteroatoms. The van der Waals surface area contributed by atoms with Crippen LogP contribution in [0.1, 0.15) is 65.2 Å². The van der Waals surface area contributed by atoms with E-state index in [-0.39, 0.29) is 23.1 Å². The number of Topliss-reactive ketones (excluding diaryl/α,β-unsaturated/α-hetero) is 1. The Kier molecular flexibility index (Phi) is 4.03. The number of carbonyl (C=O) groups excluding carboxylic acids is 2. The van der Waals surface area contributed by atoms with Gasteiger partial charge in [0.05, 0.1) is 7.11 Å². The second-order valence-electron chi connectivity index (χ2n) is 6.86. The van der Waals surface area contributed by atoms with Gasteiger partial charge in [0.2, 0.25) is 0 Å². The minimum atomic E-state index is -0.826. The first kappa shape index (κ1) is 14.5. The highest BCUT2D eigenvalue weighted by atomic mass is 16.5. The third kappa shape index (κ3) is 2.44. The second-order valence-corrected chi connectivity index (χ2v) is 6.86. The SMILES string of the molecule is COC(=O)C1(C(=O)C(C)C)CC2(CCCCCC2)C1. The van der Waals surface area contributed by atoms with E-state index in [9.17, 15) is 9.59 Å². The first-order chi connectivity index (χ1) is 8.96. The van der Waals surface area contributed by atoms with Crippen LogP contribution < -0.4 is 0 Å². The van der Waals surface area contributed by atoms with Gasteiger partial charge in [-0.1, -0.05) is 39.5 Å². The highest BCUT2D eigenvalue weighted by Gasteiger charge is 2.63. The summed E-state index contributed by atoms with van der Waals surface area (Å²) in [6, 6.07) is 0. The molecule has 0 radical (unpaired) electrons. The number of ether oxygens (including phenoxy) is 1. The number of hydrogen-bond donors (Lipinski definition) is 0. The maximum atomic E-state index is 12.5. The van der Waals surface area contributed by atoms with E-state index in [1.54, 1.807) is 0 Å². The standard InChI is InChI=1S/C16H26O3/c1-12(2)13(17)16(14(18)19-3)10-15(11-16)8-6-4-5-7-9-15/h12H,4-11H2,1-3H3. The van der Waals surface area contributed by atoms with Crippen LogP contribution >= 0.6 is 0 Å². The van der Waals surface area contributed by atoms with Crippen molar-refractivity contribution >= 4 is 11.8 Å². The molecule has 2 fully saturated rings. The van der Waals surface area contributed by atoms with Crippen LogP contribution in [0, 0.1) is 16.7 Å². The minimum Gasteiger partial charge on any atom is -0.468 e. The molecule has 3 nitrogen and oxygen atoms in total. The van der Waals surface area contributed by atoms with Gasteiger partial charge in [0.1, 0.15) is 5.41 Å². The highest BCUT2D eigenvalue weighted by Crippen LogP contribution is 2.62. The molecular weight excluding hydrogens is 240 g/mol. The fourth-order valence-electron chi connectivity index (χ4n) is 4.23. The average molecular weight is 266 g/mol. The van der Waals surface area contributed by atoms with Gasteiger partial charge >= 0.3 is 5.97 Å². The van der Waals surface area contributed by atoms with Crippen LogP contribution in [-0.2, 0) is 14.3 Å². The van der Waals surface area contributed by atoms with Crippen molar-refractivity contribution in [2.75, 3.05) is 7.11 Å². The summed E-state index contributed by atoms with van der Waals surface area (Å²) < 4.78 is 4.93. The molecule has 0 aromatic heterocycles. The van der Waals surface area contributed by atoms with Gasteiger partial charge in [-0.05, 0) is 31.1 Å². The van der Waals surface area contributed by atoms with E-state index < -0.39 is 5.41 Å². The quantitative estimate of drug-likeness (QED) is 0.580. The van der Waals surface area contributed by atoms with Gasteiger partial charge in [-0.15, -0.1) is 0 Å². The summed E-state index contributed by atoms with van der Waals surface area (Å²) in [7, 11) is 1.40. The van der Waals surface area contributed by atoms with Crippen molar-refractivity contribution < 1.29 is 14.3 Å². The Morgan fingerprint density at radius 1 is 1.00 bits per heavy atom. The van der Waals surface area contributed by atoms with Gasteiger partial charge in [0, 0.05) is 5.92 Å². The molecule has 0 bridgehead atoms. The lowest BCUT2D eigenvalue weighted by molar-refractivity contribution is -0.178. The van der Waals surface area contributed by atoms with Gasteiger partial charge in [0.25, 0.3) is 0 Å². The van der Waals surface area contributed by atoms with Crippen molar-refractivity contribution in [2.45, 2.75) is 65.2 Å². The zero-order valence-corrected chi connectivity index (χ0v) is 12.5. The fraction of sp³-hybridized carbons (Fsp3) is 0.875. The van der Waals surface area contributed by atoms with Crippen LogP contribution in [0.25, 0.3) is 0 Å². The lowest BCUT2D eigenvalue weighted by Gasteiger charge is -2.54. The van der Waals surface area contributed by atoms with E-state index >= 15 is 0 Å². The Balaban J connectivity index is 2.16. The van der Waals surface area contributed by atoms with Crippen molar-refractivity contribution in [3.63, 3.8) is 0 Å². The molecule has 2 saturated carbocycles. The number of rotatable bonds is 3. The number of ketones is 1. The van der Waals surface area contributed by atoms with E-state index in [1.807, 2.05) is 13.8 Å². The maximum Gasteiger partial charge on any atom is 0.319 e. The van der Waals surface area contributed by atoms with Crippen molar-refractivity contribution in [3.8, 4) is 0 Å². The first-order valence-corrected chi connectivity index (χ1v) is 7.59. The maximum absolute atomic E-state index is 12.5. The summed E-state index contributed by atoms with van der Waals surface area (Å²) in [5.41, 5.74) is -0.581. The van der Waals surface area contributed by atoms with E-state index in [2.05, 4.69) is 0 Å². The molecule has 0 aromatic rings. The Morgan fingerprint density at radius 2 is 1.53 bits per heavy atom. The summed E-state index contributed by atoms with van der Waals surface area (Å²) in [5.74, 6) is -0.322. The predicted molar refractivity (Wildman–Crippen MR) is 73.7 cm³/mol. The molecule has 2 aliphatic carbocycles. The smallest absolute Gasteiger partial charge is 0.319 e. The van der Waals surface area contributed by atoms with Crippen molar-refractivity contribution in [1.82, 2.24) is 0 Å². The number of carbonyl (C=O) groups is 2. The van der Waals surface area contributed by atoms with E-state index in [0.29, 0.717) is 0 Å². The molecule has 0 atom stereocenters. The van der Waals surface area contributed by atoms with Gasteiger partial charge in [-0.3, -0.25) is 9.59 Å². The van der Waals surface area contributed by atoms with Crippen LogP contribution in [0.3, 0.4) is 0 Å². The molecule has 0 N–H and O–H groups in total. The molecular formula is C16H26O3. The minimum absolute atomic E-state index is 0.0780. The summed E-state index contributed by atoms with van der Waals surface area (Å²) >= 11 is 0. The van der Waals surface area contributed by atoms with Crippen LogP contribution in [-0.4, -0.2) is 18.9 Å². The van der Waals surface area contributed by atoms with E-state index in [4.69, 9.17) is 4.74 Å². The van der Waals surface area contributed by atoms with Gasteiger partial charge in [0.15, 0.2) is 5.78 Å². The summed E-state index contributed by atoms with van der Waals surface area (Å²) in [6.45, 7) is 3.76. The van der Waals surface area contributed by atoms with Gasteiger partial charge in [-0.25, -0.2) is 0 Å². The molecule has 0 amide bonds. The first-order valence-electron chi connectivity index (χ1n) is 7.59. The van der Waals surface area contributed by atoms with Crippen LogP contribution in [0.4, 0.5) is 0 Å². The van der Waals surface area contributed by atoms with Crippen molar-refractivity contribution in [3.05, 3.63) is 0 Å². The predicted octanol–water partition coefficient (Wildman–Crippen LogP) is 3.51. The average Bonchev–Trinajstić information content (AvgIpc) is 2.60. The summed E-state index contributed by atoms with van der Waals surface area (Å²) in [4.78, 5) is 24.6. The van der Waals surface area contributed by atoms with Gasteiger partial charge < -0.3 is 4.74 Å². The summed E-state index contributed by atoms with van der Waals surface area (Å²) in [5, 5.41) is 0. The monoisotopic (exact) mass is 266 g/mol. The highest BCUT2D eigenvalue weighted by molar-refractivity contribution is 6.05. The number of esters is 1. The zero-order chi connectivity index (χ0) is 14.1. The zero-order valence-electron chi connectivity index (χ0n) is 12.5.